The molecule has 0 saturated carbocycles. The number of carbonyl (C=O) groups is 1. The maximum Gasteiger partial charge on any atom is 0.244 e. The molecule has 5 nitrogen and oxygen atoms in total. The lowest BCUT2D eigenvalue weighted by Crippen LogP contribution is -2.44. The molecule has 0 aliphatic carbocycles. The first-order valence-corrected chi connectivity index (χ1v) is 6.91. The highest BCUT2D eigenvalue weighted by Crippen LogP contribution is 2.13. The summed E-state index contributed by atoms with van der Waals surface area (Å²) in [5.41, 5.74) is 0. The summed E-state index contributed by atoms with van der Waals surface area (Å²) in [4.78, 5) is 10.9. The van der Waals surface area contributed by atoms with E-state index in [1.807, 2.05) is 0 Å². The highest BCUT2D eigenvalue weighted by Gasteiger charge is 2.23. The molecule has 0 fully saturated rings. The predicted molar refractivity (Wildman–Crippen MR) is 64.9 cm³/mol. The SMILES string of the molecule is CCNC(=O)[C@@H](C)NS(=O)(=O)c1ccccc1F. The van der Waals surface area contributed by atoms with E-state index >= 15 is 0 Å². The highest BCUT2D eigenvalue weighted by atomic mass is 32.2. The normalized spacial score (nSPS) is 13.1. The van der Waals surface area contributed by atoms with Gasteiger partial charge in [-0.15, -0.1) is 0 Å². The number of amides is 1. The van der Waals surface area contributed by atoms with Gasteiger partial charge in [-0.2, -0.15) is 4.72 Å². The van der Waals surface area contributed by atoms with Crippen LogP contribution in [0.3, 0.4) is 0 Å². The topological polar surface area (TPSA) is 75.3 Å². The van der Waals surface area contributed by atoms with Crippen LogP contribution >= 0.6 is 0 Å². The van der Waals surface area contributed by atoms with E-state index in [0.29, 0.717) is 6.54 Å². The second-order valence-electron chi connectivity index (χ2n) is 3.67. The van der Waals surface area contributed by atoms with Crippen LogP contribution in [0.4, 0.5) is 4.39 Å². The molecule has 0 spiro atoms. The van der Waals surface area contributed by atoms with Gasteiger partial charge >= 0.3 is 0 Å². The molecule has 1 aromatic carbocycles. The minimum absolute atomic E-state index is 0.393. The first kappa shape index (κ1) is 14.6. The number of likely N-dealkylation sites (N-methyl/N-ethyl adjacent to an activating group) is 1. The van der Waals surface area contributed by atoms with E-state index in [2.05, 4.69) is 10.0 Å². The summed E-state index contributed by atoms with van der Waals surface area (Å²) in [6.07, 6.45) is 0. The second kappa shape index (κ2) is 5.92. The quantitative estimate of drug-likeness (QED) is 0.827. The molecule has 0 aromatic heterocycles. The first-order valence-electron chi connectivity index (χ1n) is 5.43. The molecule has 100 valence electrons. The molecule has 0 heterocycles. The van der Waals surface area contributed by atoms with Gasteiger partial charge in [0.25, 0.3) is 0 Å². The van der Waals surface area contributed by atoms with Crippen molar-refractivity contribution in [2.24, 2.45) is 0 Å². The molecule has 18 heavy (non-hydrogen) atoms. The van der Waals surface area contributed by atoms with Crippen LogP contribution in [-0.4, -0.2) is 26.9 Å². The zero-order chi connectivity index (χ0) is 13.8. The molecule has 0 aliphatic rings. The highest BCUT2D eigenvalue weighted by molar-refractivity contribution is 7.89. The van der Waals surface area contributed by atoms with Crippen LogP contribution in [0.5, 0.6) is 0 Å². The van der Waals surface area contributed by atoms with Gasteiger partial charge < -0.3 is 5.32 Å². The Bertz CT molecular complexity index is 531. The number of benzene rings is 1. The van der Waals surface area contributed by atoms with Crippen LogP contribution in [0.25, 0.3) is 0 Å². The fraction of sp³-hybridized carbons (Fsp3) is 0.364. The number of hydrogen-bond donors (Lipinski definition) is 2. The molecule has 7 heteroatoms. The summed E-state index contributed by atoms with van der Waals surface area (Å²) in [6, 6.07) is 4.03. The smallest absolute Gasteiger partial charge is 0.244 e. The third kappa shape index (κ3) is 3.51. The third-order valence-electron chi connectivity index (χ3n) is 2.20. The zero-order valence-corrected chi connectivity index (χ0v) is 10.9. The predicted octanol–water partition coefficient (Wildman–Crippen LogP) is 0.629. The molecule has 1 atom stereocenters. The fourth-order valence-electron chi connectivity index (χ4n) is 1.34. The van der Waals surface area contributed by atoms with E-state index in [9.17, 15) is 17.6 Å². The molecular formula is C11H15FN2O3S. The largest absolute Gasteiger partial charge is 0.355 e. The van der Waals surface area contributed by atoms with Crippen LogP contribution in [0.2, 0.25) is 0 Å². The summed E-state index contributed by atoms with van der Waals surface area (Å²) in [5.74, 6) is -1.31. The summed E-state index contributed by atoms with van der Waals surface area (Å²) >= 11 is 0. The van der Waals surface area contributed by atoms with E-state index in [1.165, 1.54) is 19.1 Å². The van der Waals surface area contributed by atoms with Gasteiger partial charge in [0.15, 0.2) is 0 Å². The summed E-state index contributed by atoms with van der Waals surface area (Å²) < 4.78 is 39.2. The van der Waals surface area contributed by atoms with Gasteiger partial charge in [-0.1, -0.05) is 12.1 Å². The number of rotatable bonds is 5. The number of hydrogen-bond acceptors (Lipinski definition) is 3. The van der Waals surface area contributed by atoms with Gasteiger partial charge in [-0.05, 0) is 26.0 Å². The van der Waals surface area contributed by atoms with Crippen molar-refractivity contribution < 1.29 is 17.6 Å². The Morgan fingerprint density at radius 2 is 2.00 bits per heavy atom. The van der Waals surface area contributed by atoms with Gasteiger partial charge in [0.1, 0.15) is 10.7 Å². The van der Waals surface area contributed by atoms with Crippen molar-refractivity contribution in [1.29, 1.82) is 0 Å². The van der Waals surface area contributed by atoms with E-state index in [-0.39, 0.29) is 0 Å². The third-order valence-corrected chi connectivity index (χ3v) is 3.78. The van der Waals surface area contributed by atoms with Gasteiger partial charge in [-0.25, -0.2) is 12.8 Å². The maximum atomic E-state index is 13.4. The van der Waals surface area contributed by atoms with Crippen molar-refractivity contribution >= 4 is 15.9 Å². The van der Waals surface area contributed by atoms with Gasteiger partial charge in [0.2, 0.25) is 15.9 Å². The van der Waals surface area contributed by atoms with Crippen LogP contribution in [-0.2, 0) is 14.8 Å². The van der Waals surface area contributed by atoms with Crippen molar-refractivity contribution in [3.63, 3.8) is 0 Å². The van der Waals surface area contributed by atoms with Crippen molar-refractivity contribution in [2.75, 3.05) is 6.54 Å². The Labute approximate surface area is 105 Å². The Kier molecular flexibility index (Phi) is 4.80. The average molecular weight is 274 g/mol. The lowest BCUT2D eigenvalue weighted by atomic mass is 10.3. The molecule has 0 aliphatic heterocycles. The monoisotopic (exact) mass is 274 g/mol. The molecule has 1 rings (SSSR count). The Morgan fingerprint density at radius 3 is 2.56 bits per heavy atom. The first-order chi connectivity index (χ1) is 8.38. The molecular weight excluding hydrogens is 259 g/mol. The lowest BCUT2D eigenvalue weighted by Gasteiger charge is -2.13. The van der Waals surface area contributed by atoms with E-state index in [1.54, 1.807) is 6.92 Å². The minimum atomic E-state index is -4.04. The van der Waals surface area contributed by atoms with Crippen LogP contribution in [0, 0.1) is 5.82 Å². The van der Waals surface area contributed by atoms with E-state index in [4.69, 9.17) is 0 Å². The standard InChI is InChI=1S/C11H15FN2O3S/c1-3-13-11(15)8(2)14-18(16,17)10-7-5-4-6-9(10)12/h4-8,14H,3H2,1-2H3,(H,13,15)/t8-/m1/s1. The molecule has 0 radical (unpaired) electrons. The number of sulfonamides is 1. The molecule has 0 bridgehead atoms. The second-order valence-corrected chi connectivity index (χ2v) is 5.35. The Morgan fingerprint density at radius 1 is 1.39 bits per heavy atom. The molecule has 0 unspecified atom stereocenters. The van der Waals surface area contributed by atoms with Crippen LogP contribution in [0.15, 0.2) is 29.2 Å². The molecule has 0 saturated heterocycles. The Balaban J connectivity index is 2.90. The summed E-state index contributed by atoms with van der Waals surface area (Å²) in [7, 11) is -4.04. The molecule has 2 N–H and O–H groups in total. The summed E-state index contributed by atoms with van der Waals surface area (Å²) in [5, 5.41) is 2.47. The molecule has 1 amide bonds. The van der Waals surface area contributed by atoms with Crippen molar-refractivity contribution in [3.05, 3.63) is 30.1 Å². The van der Waals surface area contributed by atoms with E-state index < -0.39 is 32.7 Å². The molecule has 1 aromatic rings. The van der Waals surface area contributed by atoms with Crippen molar-refractivity contribution in [1.82, 2.24) is 10.0 Å². The average Bonchev–Trinajstić information content (AvgIpc) is 2.29. The van der Waals surface area contributed by atoms with Gasteiger partial charge in [0.05, 0.1) is 6.04 Å². The number of halogens is 1. The summed E-state index contributed by atoms with van der Waals surface area (Å²) in [6.45, 7) is 3.50. The fourth-order valence-corrected chi connectivity index (χ4v) is 2.62. The minimum Gasteiger partial charge on any atom is -0.355 e. The van der Waals surface area contributed by atoms with Crippen molar-refractivity contribution in [3.8, 4) is 0 Å². The zero-order valence-electron chi connectivity index (χ0n) is 10.1. The van der Waals surface area contributed by atoms with Crippen LogP contribution in [0.1, 0.15) is 13.8 Å². The number of carbonyl (C=O) groups excluding carboxylic acids is 1. The van der Waals surface area contributed by atoms with E-state index in [0.717, 1.165) is 12.1 Å². The lowest BCUT2D eigenvalue weighted by molar-refractivity contribution is -0.122. The Hall–Kier alpha value is -1.47. The van der Waals surface area contributed by atoms with Gasteiger partial charge in [-0.3, -0.25) is 4.79 Å². The number of nitrogens with one attached hydrogen (secondary N) is 2. The maximum absolute atomic E-state index is 13.4. The van der Waals surface area contributed by atoms with Gasteiger partial charge in [0, 0.05) is 6.54 Å². The van der Waals surface area contributed by atoms with Crippen LogP contribution < -0.4 is 10.0 Å². The van der Waals surface area contributed by atoms with Crippen molar-refractivity contribution in [2.45, 2.75) is 24.8 Å².